The summed E-state index contributed by atoms with van der Waals surface area (Å²) < 4.78 is 27.0. The third-order valence-corrected chi connectivity index (χ3v) is 6.75. The van der Waals surface area contributed by atoms with E-state index in [0.717, 1.165) is 21.7 Å². The number of carbonyl (C=O) groups excluding carboxylic acids is 1. The molecule has 2 aromatic carbocycles. The van der Waals surface area contributed by atoms with Gasteiger partial charge in [0.1, 0.15) is 0 Å². The Kier molecular flexibility index (Phi) is 5.94. The van der Waals surface area contributed by atoms with Crippen LogP contribution in [0.5, 0.6) is 0 Å². The predicted octanol–water partition coefficient (Wildman–Crippen LogP) is 0.831. The zero-order valence-corrected chi connectivity index (χ0v) is 16.6. The molecular weight excluding hydrogens is 362 g/mol. The fourth-order valence-electron chi connectivity index (χ4n) is 3.15. The van der Waals surface area contributed by atoms with Crippen LogP contribution in [0.15, 0.2) is 53.4 Å². The van der Waals surface area contributed by atoms with Gasteiger partial charge in [0, 0.05) is 5.69 Å². The molecule has 144 valence electrons. The summed E-state index contributed by atoms with van der Waals surface area (Å²) in [6.07, 6.45) is 0. The quantitative estimate of drug-likeness (QED) is 0.797. The van der Waals surface area contributed by atoms with Crippen LogP contribution in [-0.4, -0.2) is 51.4 Å². The Balaban J connectivity index is 1.53. The minimum Gasteiger partial charge on any atom is -0.325 e. The van der Waals surface area contributed by atoms with Crippen LogP contribution in [0.2, 0.25) is 0 Å². The molecule has 0 unspecified atom stereocenters. The van der Waals surface area contributed by atoms with E-state index in [-0.39, 0.29) is 5.91 Å². The molecule has 0 aromatic heterocycles. The van der Waals surface area contributed by atoms with Crippen molar-refractivity contribution in [3.05, 3.63) is 59.7 Å². The number of nitrogens with one attached hydrogen (secondary N) is 2. The highest BCUT2D eigenvalue weighted by atomic mass is 32.2. The van der Waals surface area contributed by atoms with Crippen LogP contribution in [0.3, 0.4) is 0 Å². The fraction of sp³-hybridized carbons (Fsp3) is 0.350. The summed E-state index contributed by atoms with van der Waals surface area (Å²) in [4.78, 5) is 13.7. The molecule has 3 rings (SSSR count). The number of amides is 1. The number of nitrogens with zero attached hydrogens (tertiary/aromatic N) is 1. The molecule has 0 atom stereocenters. The van der Waals surface area contributed by atoms with Crippen molar-refractivity contribution in [1.82, 2.24) is 4.31 Å². The topological polar surface area (TPSA) is 70.9 Å². The van der Waals surface area contributed by atoms with Crippen molar-refractivity contribution in [1.29, 1.82) is 0 Å². The number of carbonyl (C=O) groups is 1. The molecule has 0 aliphatic carbocycles. The van der Waals surface area contributed by atoms with Crippen molar-refractivity contribution >= 4 is 21.6 Å². The Morgan fingerprint density at radius 3 is 2.04 bits per heavy atom. The van der Waals surface area contributed by atoms with E-state index >= 15 is 0 Å². The van der Waals surface area contributed by atoms with Crippen molar-refractivity contribution < 1.29 is 18.1 Å². The minimum absolute atomic E-state index is 0.0521. The first-order valence-corrected chi connectivity index (χ1v) is 10.6. The van der Waals surface area contributed by atoms with Crippen molar-refractivity contribution in [2.24, 2.45) is 0 Å². The van der Waals surface area contributed by atoms with Gasteiger partial charge in [0.2, 0.25) is 10.0 Å². The number of anilines is 1. The SMILES string of the molecule is Cc1ccc(NC(=O)C[NH+]2CCN(S(=O)(=O)c3ccc(C)cc3)CC2)cc1. The summed E-state index contributed by atoms with van der Waals surface area (Å²) in [7, 11) is -3.46. The first-order chi connectivity index (χ1) is 12.8. The second kappa shape index (κ2) is 8.21. The van der Waals surface area contributed by atoms with E-state index in [2.05, 4.69) is 5.32 Å². The molecule has 1 heterocycles. The Labute approximate surface area is 160 Å². The zero-order chi connectivity index (χ0) is 19.4. The second-order valence-electron chi connectivity index (χ2n) is 7.06. The highest BCUT2D eigenvalue weighted by Gasteiger charge is 2.31. The van der Waals surface area contributed by atoms with E-state index in [0.29, 0.717) is 37.6 Å². The predicted molar refractivity (Wildman–Crippen MR) is 105 cm³/mol. The Morgan fingerprint density at radius 1 is 0.963 bits per heavy atom. The van der Waals surface area contributed by atoms with Crippen molar-refractivity contribution in [3.8, 4) is 0 Å². The maximum atomic E-state index is 12.7. The van der Waals surface area contributed by atoms with Crippen LogP contribution in [0.25, 0.3) is 0 Å². The molecular formula is C20H26N3O3S+. The summed E-state index contributed by atoms with van der Waals surface area (Å²) in [5.41, 5.74) is 2.96. The number of sulfonamides is 1. The average Bonchev–Trinajstić information content (AvgIpc) is 2.64. The normalized spacial score (nSPS) is 16.2. The molecule has 1 aliphatic rings. The first kappa shape index (κ1) is 19.5. The summed E-state index contributed by atoms with van der Waals surface area (Å²) in [6, 6.07) is 14.6. The molecule has 0 radical (unpaired) electrons. The average molecular weight is 389 g/mol. The lowest BCUT2D eigenvalue weighted by Gasteiger charge is -2.31. The largest absolute Gasteiger partial charge is 0.325 e. The van der Waals surface area contributed by atoms with Crippen LogP contribution in [0, 0.1) is 13.8 Å². The third-order valence-electron chi connectivity index (χ3n) is 4.83. The number of quaternary nitrogens is 1. The first-order valence-electron chi connectivity index (χ1n) is 9.11. The van der Waals surface area contributed by atoms with E-state index in [1.54, 1.807) is 12.1 Å². The molecule has 27 heavy (non-hydrogen) atoms. The number of piperazine rings is 1. The van der Waals surface area contributed by atoms with Crippen molar-refractivity contribution in [2.45, 2.75) is 18.7 Å². The van der Waals surface area contributed by atoms with Crippen LogP contribution in [-0.2, 0) is 14.8 Å². The van der Waals surface area contributed by atoms with E-state index in [1.165, 1.54) is 4.31 Å². The lowest BCUT2D eigenvalue weighted by Crippen LogP contribution is -3.15. The van der Waals surface area contributed by atoms with Crippen LogP contribution in [0.1, 0.15) is 11.1 Å². The van der Waals surface area contributed by atoms with Gasteiger partial charge in [-0.25, -0.2) is 8.42 Å². The Hall–Kier alpha value is -2.22. The van der Waals surface area contributed by atoms with Gasteiger partial charge in [-0.3, -0.25) is 4.79 Å². The van der Waals surface area contributed by atoms with Gasteiger partial charge in [0.25, 0.3) is 5.91 Å². The molecule has 6 nitrogen and oxygen atoms in total. The minimum atomic E-state index is -3.46. The lowest BCUT2D eigenvalue weighted by molar-refractivity contribution is -0.895. The molecule has 1 saturated heterocycles. The Morgan fingerprint density at radius 2 is 1.48 bits per heavy atom. The summed E-state index contributed by atoms with van der Waals surface area (Å²) in [5, 5.41) is 2.90. The molecule has 2 N–H and O–H groups in total. The molecule has 1 amide bonds. The molecule has 0 spiro atoms. The molecule has 0 bridgehead atoms. The molecule has 0 saturated carbocycles. The standard InChI is InChI=1S/C20H25N3O3S/c1-16-3-7-18(8-4-16)21-20(24)15-22-11-13-23(14-12-22)27(25,26)19-9-5-17(2)6-10-19/h3-10H,11-15H2,1-2H3,(H,21,24)/p+1. The summed E-state index contributed by atoms with van der Waals surface area (Å²) in [6.45, 7) is 6.35. The van der Waals surface area contributed by atoms with Crippen molar-refractivity contribution in [3.63, 3.8) is 0 Å². The number of benzene rings is 2. The summed E-state index contributed by atoms with van der Waals surface area (Å²) in [5.74, 6) is -0.0521. The fourth-order valence-corrected chi connectivity index (χ4v) is 4.59. The van der Waals surface area contributed by atoms with E-state index in [9.17, 15) is 13.2 Å². The van der Waals surface area contributed by atoms with Gasteiger partial charge in [0.15, 0.2) is 6.54 Å². The lowest BCUT2D eigenvalue weighted by atomic mass is 10.2. The maximum Gasteiger partial charge on any atom is 0.279 e. The van der Waals surface area contributed by atoms with Gasteiger partial charge < -0.3 is 10.2 Å². The third kappa shape index (κ3) is 4.94. The van der Waals surface area contributed by atoms with Gasteiger partial charge in [-0.2, -0.15) is 4.31 Å². The van der Waals surface area contributed by atoms with Gasteiger partial charge in [-0.1, -0.05) is 35.4 Å². The summed E-state index contributed by atoms with van der Waals surface area (Å²) >= 11 is 0. The van der Waals surface area contributed by atoms with Crippen molar-refractivity contribution in [2.75, 3.05) is 38.0 Å². The van der Waals surface area contributed by atoms with E-state index in [1.807, 2.05) is 50.2 Å². The van der Waals surface area contributed by atoms with E-state index in [4.69, 9.17) is 0 Å². The highest BCUT2D eigenvalue weighted by Crippen LogP contribution is 2.16. The maximum absolute atomic E-state index is 12.7. The van der Waals surface area contributed by atoms with Crippen LogP contribution >= 0.6 is 0 Å². The zero-order valence-electron chi connectivity index (χ0n) is 15.7. The number of hydrogen-bond acceptors (Lipinski definition) is 3. The van der Waals surface area contributed by atoms with Gasteiger partial charge in [-0.15, -0.1) is 0 Å². The number of hydrogen-bond donors (Lipinski definition) is 2. The monoisotopic (exact) mass is 388 g/mol. The molecule has 1 aliphatic heterocycles. The van der Waals surface area contributed by atoms with Gasteiger partial charge in [-0.05, 0) is 38.1 Å². The Bertz CT molecular complexity index is 885. The molecule has 2 aromatic rings. The van der Waals surface area contributed by atoms with Crippen LogP contribution < -0.4 is 10.2 Å². The van der Waals surface area contributed by atoms with Gasteiger partial charge in [0.05, 0.1) is 31.1 Å². The van der Waals surface area contributed by atoms with Gasteiger partial charge >= 0.3 is 0 Å². The number of rotatable bonds is 5. The molecule has 7 heteroatoms. The van der Waals surface area contributed by atoms with Crippen LogP contribution in [0.4, 0.5) is 5.69 Å². The highest BCUT2D eigenvalue weighted by molar-refractivity contribution is 7.89. The molecule has 1 fully saturated rings. The smallest absolute Gasteiger partial charge is 0.279 e. The second-order valence-corrected chi connectivity index (χ2v) is 9.00. The number of aryl methyl sites for hydroxylation is 2. The van der Waals surface area contributed by atoms with E-state index < -0.39 is 10.0 Å².